The Morgan fingerprint density at radius 3 is 2.67 bits per heavy atom. The van der Waals surface area contributed by atoms with E-state index in [2.05, 4.69) is 10.0 Å². The van der Waals surface area contributed by atoms with E-state index in [1.165, 1.54) is 0 Å². The molecule has 104 valence electrons. The maximum absolute atomic E-state index is 11.7. The number of piperidine rings is 1. The minimum absolute atomic E-state index is 0.229. The van der Waals surface area contributed by atoms with Gasteiger partial charge in [-0.05, 0) is 50.6 Å². The first-order valence-corrected chi connectivity index (χ1v) is 8.29. The number of rotatable bonds is 5. The number of amides is 1. The normalized spacial score (nSPS) is 26.6. The van der Waals surface area contributed by atoms with Gasteiger partial charge in [0, 0.05) is 6.42 Å². The molecule has 2 N–H and O–H groups in total. The molecule has 1 saturated heterocycles. The van der Waals surface area contributed by atoms with Crippen LogP contribution < -0.4 is 10.0 Å². The molecule has 2 atom stereocenters. The predicted molar refractivity (Wildman–Crippen MR) is 69.5 cm³/mol. The highest BCUT2D eigenvalue weighted by atomic mass is 32.2. The highest BCUT2D eigenvalue weighted by Crippen LogP contribution is 2.28. The summed E-state index contributed by atoms with van der Waals surface area (Å²) in [6, 6.07) is 0. The molecule has 0 aromatic carbocycles. The Bertz CT molecular complexity index is 398. The van der Waals surface area contributed by atoms with E-state index >= 15 is 0 Å². The minimum atomic E-state index is -3.38. The molecule has 6 heteroatoms. The summed E-state index contributed by atoms with van der Waals surface area (Å²) in [4.78, 5) is 11.7. The van der Waals surface area contributed by atoms with Crippen molar-refractivity contribution >= 4 is 15.9 Å². The highest BCUT2D eigenvalue weighted by molar-refractivity contribution is 7.90. The second-order valence-corrected chi connectivity index (χ2v) is 7.52. The molecule has 1 saturated carbocycles. The third-order valence-corrected chi connectivity index (χ3v) is 5.73. The van der Waals surface area contributed by atoms with Gasteiger partial charge in [-0.1, -0.05) is 6.92 Å². The fourth-order valence-corrected chi connectivity index (χ4v) is 3.81. The molecule has 2 aliphatic rings. The van der Waals surface area contributed by atoms with E-state index in [0.717, 1.165) is 25.9 Å². The van der Waals surface area contributed by atoms with E-state index in [1.807, 2.05) is 6.92 Å². The molecule has 0 spiro atoms. The van der Waals surface area contributed by atoms with Crippen LogP contribution in [0.15, 0.2) is 0 Å². The maximum Gasteiger partial charge on any atom is 0.237 e. The van der Waals surface area contributed by atoms with Gasteiger partial charge in [0.1, 0.15) is 0 Å². The van der Waals surface area contributed by atoms with Crippen LogP contribution in [-0.2, 0) is 14.8 Å². The van der Waals surface area contributed by atoms with Crippen molar-refractivity contribution < 1.29 is 13.2 Å². The van der Waals surface area contributed by atoms with Crippen molar-refractivity contribution in [2.45, 2.75) is 44.3 Å². The molecule has 2 rings (SSSR count). The number of sulfonamides is 1. The average molecular weight is 274 g/mol. The molecule has 0 bridgehead atoms. The van der Waals surface area contributed by atoms with E-state index in [-0.39, 0.29) is 17.1 Å². The van der Waals surface area contributed by atoms with Crippen molar-refractivity contribution in [3.8, 4) is 0 Å². The number of carbonyl (C=O) groups excluding carboxylic acids is 1. The van der Waals surface area contributed by atoms with Gasteiger partial charge in [0.25, 0.3) is 0 Å². The third-order valence-electron chi connectivity index (χ3n) is 3.87. The largest absolute Gasteiger partial charge is 0.316 e. The molecule has 1 aliphatic carbocycles. The Morgan fingerprint density at radius 2 is 2.11 bits per heavy atom. The molecule has 0 aromatic heterocycles. The van der Waals surface area contributed by atoms with E-state index in [4.69, 9.17) is 0 Å². The van der Waals surface area contributed by atoms with E-state index < -0.39 is 10.0 Å². The van der Waals surface area contributed by atoms with E-state index in [0.29, 0.717) is 25.2 Å². The smallest absolute Gasteiger partial charge is 0.237 e. The van der Waals surface area contributed by atoms with Crippen LogP contribution in [-0.4, -0.2) is 32.7 Å². The van der Waals surface area contributed by atoms with Crippen LogP contribution in [0.4, 0.5) is 0 Å². The van der Waals surface area contributed by atoms with Crippen LogP contribution in [0.5, 0.6) is 0 Å². The van der Waals surface area contributed by atoms with Crippen molar-refractivity contribution in [1.82, 2.24) is 10.0 Å². The summed E-state index contributed by atoms with van der Waals surface area (Å²) in [5, 5.41) is 2.99. The summed E-state index contributed by atoms with van der Waals surface area (Å²) in [7, 11) is -3.38. The van der Waals surface area contributed by atoms with Gasteiger partial charge in [0.2, 0.25) is 15.9 Å². The Kier molecular flexibility index (Phi) is 4.27. The summed E-state index contributed by atoms with van der Waals surface area (Å²) in [5.41, 5.74) is 0. The van der Waals surface area contributed by atoms with Crippen molar-refractivity contribution in [1.29, 1.82) is 0 Å². The summed E-state index contributed by atoms with van der Waals surface area (Å²) in [6.07, 6.45) is 3.93. The lowest BCUT2D eigenvalue weighted by molar-refractivity contribution is -0.120. The first kappa shape index (κ1) is 13.8. The van der Waals surface area contributed by atoms with Crippen LogP contribution >= 0.6 is 0 Å². The molecule has 2 fully saturated rings. The summed E-state index contributed by atoms with van der Waals surface area (Å²) in [5.74, 6) is 0.361. The third kappa shape index (κ3) is 3.68. The summed E-state index contributed by atoms with van der Waals surface area (Å²) < 4.78 is 25.4. The molecule has 1 heterocycles. The van der Waals surface area contributed by atoms with Crippen LogP contribution in [0, 0.1) is 11.8 Å². The first-order chi connectivity index (χ1) is 8.49. The second-order valence-electron chi connectivity index (χ2n) is 5.56. The van der Waals surface area contributed by atoms with Gasteiger partial charge < -0.3 is 5.32 Å². The standard InChI is InChI=1S/C12H22N2O3S/c1-9(10-3-2-6-13-8-10)7-12(15)14-18(16,17)11-4-5-11/h9-11,13H,2-8H2,1H3,(H,14,15). The average Bonchev–Trinajstić information content (AvgIpc) is 3.13. The zero-order valence-corrected chi connectivity index (χ0v) is 11.6. The number of nitrogens with one attached hydrogen (secondary N) is 2. The highest BCUT2D eigenvalue weighted by Gasteiger charge is 2.37. The van der Waals surface area contributed by atoms with Crippen molar-refractivity contribution in [3.63, 3.8) is 0 Å². The van der Waals surface area contributed by atoms with Gasteiger partial charge in [-0.25, -0.2) is 8.42 Å². The first-order valence-electron chi connectivity index (χ1n) is 6.74. The number of carbonyl (C=O) groups is 1. The summed E-state index contributed by atoms with van der Waals surface area (Å²) >= 11 is 0. The van der Waals surface area contributed by atoms with Crippen LogP contribution in [0.1, 0.15) is 39.0 Å². The molecule has 5 nitrogen and oxygen atoms in total. The molecular weight excluding hydrogens is 252 g/mol. The molecule has 0 radical (unpaired) electrons. The van der Waals surface area contributed by atoms with Crippen LogP contribution in [0.3, 0.4) is 0 Å². The fourth-order valence-electron chi connectivity index (χ4n) is 2.49. The van der Waals surface area contributed by atoms with Gasteiger partial charge in [0.05, 0.1) is 5.25 Å². The molecule has 2 unspecified atom stereocenters. The predicted octanol–water partition coefficient (Wildman–Crippen LogP) is 0.621. The zero-order valence-electron chi connectivity index (χ0n) is 10.8. The van der Waals surface area contributed by atoms with Crippen molar-refractivity contribution in [2.24, 2.45) is 11.8 Å². The number of hydrogen-bond donors (Lipinski definition) is 2. The van der Waals surface area contributed by atoms with Crippen LogP contribution in [0.25, 0.3) is 0 Å². The van der Waals surface area contributed by atoms with Gasteiger partial charge in [-0.3, -0.25) is 9.52 Å². The Hall–Kier alpha value is -0.620. The zero-order chi connectivity index (χ0) is 13.2. The minimum Gasteiger partial charge on any atom is -0.316 e. The second kappa shape index (κ2) is 5.57. The summed E-state index contributed by atoms with van der Waals surface area (Å²) in [6.45, 7) is 4.01. The SMILES string of the molecule is CC(CC(=O)NS(=O)(=O)C1CC1)C1CCCNC1. The van der Waals surface area contributed by atoms with Gasteiger partial charge in [-0.15, -0.1) is 0 Å². The lowest BCUT2D eigenvalue weighted by Crippen LogP contribution is -2.38. The quantitative estimate of drug-likeness (QED) is 0.770. The maximum atomic E-state index is 11.7. The van der Waals surface area contributed by atoms with Gasteiger partial charge >= 0.3 is 0 Å². The lowest BCUT2D eigenvalue weighted by atomic mass is 9.85. The van der Waals surface area contributed by atoms with Gasteiger partial charge in [-0.2, -0.15) is 0 Å². The Morgan fingerprint density at radius 1 is 1.39 bits per heavy atom. The lowest BCUT2D eigenvalue weighted by Gasteiger charge is -2.27. The van der Waals surface area contributed by atoms with Crippen LogP contribution in [0.2, 0.25) is 0 Å². The molecule has 1 aliphatic heterocycles. The van der Waals surface area contributed by atoms with Crippen molar-refractivity contribution in [3.05, 3.63) is 0 Å². The fraction of sp³-hybridized carbons (Fsp3) is 0.917. The van der Waals surface area contributed by atoms with Crippen molar-refractivity contribution in [2.75, 3.05) is 13.1 Å². The molecule has 18 heavy (non-hydrogen) atoms. The molecule has 0 aromatic rings. The van der Waals surface area contributed by atoms with E-state index in [1.54, 1.807) is 0 Å². The Labute approximate surface area is 109 Å². The topological polar surface area (TPSA) is 75.3 Å². The number of hydrogen-bond acceptors (Lipinski definition) is 4. The Balaban J connectivity index is 1.79. The van der Waals surface area contributed by atoms with E-state index in [9.17, 15) is 13.2 Å². The monoisotopic (exact) mass is 274 g/mol. The molecule has 1 amide bonds. The molecular formula is C12H22N2O3S. The van der Waals surface area contributed by atoms with Gasteiger partial charge in [0.15, 0.2) is 0 Å².